The molecular weight excluding hydrogens is 296 g/mol. The van der Waals surface area contributed by atoms with Crippen LogP contribution in [0.1, 0.15) is 45.1 Å². The third-order valence-corrected chi connectivity index (χ3v) is 6.33. The van der Waals surface area contributed by atoms with Gasteiger partial charge in [0.2, 0.25) is 0 Å². The molecule has 1 N–H and O–H groups in total. The average Bonchev–Trinajstić information content (AvgIpc) is 3.09. The molecule has 1 aromatic rings. The van der Waals surface area contributed by atoms with E-state index in [2.05, 4.69) is 54.4 Å². The maximum atomic E-state index is 5.90. The molecule has 2 heterocycles. The number of hydrogen-bond donors (Lipinski definition) is 1. The zero-order valence-electron chi connectivity index (χ0n) is 15.2. The van der Waals surface area contributed by atoms with Crippen molar-refractivity contribution in [1.29, 1.82) is 0 Å². The van der Waals surface area contributed by atoms with E-state index in [0.717, 1.165) is 24.4 Å². The Morgan fingerprint density at radius 1 is 1.04 bits per heavy atom. The van der Waals surface area contributed by atoms with Crippen LogP contribution in [0.2, 0.25) is 0 Å². The van der Waals surface area contributed by atoms with Gasteiger partial charge in [-0.1, -0.05) is 30.3 Å². The summed E-state index contributed by atoms with van der Waals surface area (Å²) in [6.07, 6.45) is 5.93. The molecule has 0 amide bonds. The van der Waals surface area contributed by atoms with Crippen LogP contribution in [-0.4, -0.2) is 42.3 Å². The van der Waals surface area contributed by atoms with E-state index in [9.17, 15) is 0 Å². The van der Waals surface area contributed by atoms with Crippen molar-refractivity contribution in [2.24, 2.45) is 11.8 Å². The standard InChI is InChI=1S/C21H32N2O/c1-15-10-19(11-16(2)24-15)22-21-9-8-18-13-23(14-20(18)21)12-17-6-4-3-5-7-17/h3-7,15-16,18-22H,8-14H2,1-2H3/t15-,16-,18-,20-,21-/m1/s1. The third kappa shape index (κ3) is 3.68. The predicted octanol–water partition coefficient (Wildman–Crippen LogP) is 3.44. The number of nitrogens with one attached hydrogen (secondary N) is 1. The van der Waals surface area contributed by atoms with Crippen LogP contribution in [0.25, 0.3) is 0 Å². The number of ether oxygens (including phenoxy) is 1. The molecule has 1 aromatic carbocycles. The Morgan fingerprint density at radius 3 is 2.54 bits per heavy atom. The monoisotopic (exact) mass is 328 g/mol. The smallest absolute Gasteiger partial charge is 0.0565 e. The van der Waals surface area contributed by atoms with Gasteiger partial charge in [-0.05, 0) is 56.9 Å². The molecule has 0 unspecified atom stereocenters. The van der Waals surface area contributed by atoms with Gasteiger partial charge in [-0.3, -0.25) is 4.90 Å². The molecule has 0 bridgehead atoms. The summed E-state index contributed by atoms with van der Waals surface area (Å²) in [7, 11) is 0. The summed E-state index contributed by atoms with van der Waals surface area (Å²) < 4.78 is 5.90. The van der Waals surface area contributed by atoms with Crippen LogP contribution in [0.5, 0.6) is 0 Å². The molecule has 4 rings (SSSR count). The second-order valence-electron chi connectivity index (χ2n) is 8.38. The number of rotatable bonds is 4. The van der Waals surface area contributed by atoms with Gasteiger partial charge in [0.05, 0.1) is 12.2 Å². The Morgan fingerprint density at radius 2 is 1.79 bits per heavy atom. The normalized spacial score (nSPS) is 39.9. The second kappa shape index (κ2) is 7.15. The van der Waals surface area contributed by atoms with E-state index in [0.29, 0.717) is 18.2 Å². The van der Waals surface area contributed by atoms with Gasteiger partial charge >= 0.3 is 0 Å². The van der Waals surface area contributed by atoms with Crippen molar-refractivity contribution in [3.05, 3.63) is 35.9 Å². The van der Waals surface area contributed by atoms with Gasteiger partial charge in [0.15, 0.2) is 0 Å². The molecule has 2 aliphatic heterocycles. The van der Waals surface area contributed by atoms with Gasteiger partial charge in [-0.2, -0.15) is 0 Å². The highest BCUT2D eigenvalue weighted by Gasteiger charge is 2.43. The van der Waals surface area contributed by atoms with Crippen molar-refractivity contribution in [3.63, 3.8) is 0 Å². The lowest BCUT2D eigenvalue weighted by Crippen LogP contribution is -2.47. The van der Waals surface area contributed by atoms with E-state index in [1.807, 2.05) is 0 Å². The molecule has 1 aliphatic carbocycles. The summed E-state index contributed by atoms with van der Waals surface area (Å²) in [5.74, 6) is 1.75. The van der Waals surface area contributed by atoms with E-state index in [4.69, 9.17) is 4.74 Å². The first-order valence-corrected chi connectivity index (χ1v) is 9.85. The van der Waals surface area contributed by atoms with Crippen LogP contribution in [0.3, 0.4) is 0 Å². The lowest BCUT2D eigenvalue weighted by Gasteiger charge is -2.35. The quantitative estimate of drug-likeness (QED) is 0.916. The third-order valence-electron chi connectivity index (χ3n) is 6.33. The summed E-state index contributed by atoms with van der Waals surface area (Å²) in [4.78, 5) is 2.67. The Labute approximate surface area is 146 Å². The van der Waals surface area contributed by atoms with Crippen LogP contribution in [0.15, 0.2) is 30.3 Å². The lowest BCUT2D eigenvalue weighted by atomic mass is 9.94. The summed E-state index contributed by atoms with van der Waals surface area (Å²) in [5, 5.41) is 4.03. The zero-order chi connectivity index (χ0) is 16.5. The highest BCUT2D eigenvalue weighted by Crippen LogP contribution is 2.39. The minimum absolute atomic E-state index is 0.404. The van der Waals surface area contributed by atoms with Crippen molar-refractivity contribution in [3.8, 4) is 0 Å². The molecule has 3 aliphatic rings. The van der Waals surface area contributed by atoms with Crippen molar-refractivity contribution >= 4 is 0 Å². The lowest BCUT2D eigenvalue weighted by molar-refractivity contribution is -0.0442. The van der Waals surface area contributed by atoms with Gasteiger partial charge in [0.1, 0.15) is 0 Å². The van der Waals surface area contributed by atoms with Crippen LogP contribution in [0.4, 0.5) is 0 Å². The number of hydrogen-bond acceptors (Lipinski definition) is 3. The molecule has 3 fully saturated rings. The maximum Gasteiger partial charge on any atom is 0.0565 e. The molecule has 24 heavy (non-hydrogen) atoms. The number of fused-ring (bicyclic) bond motifs is 1. The fourth-order valence-corrected chi connectivity index (χ4v) is 5.38. The SMILES string of the molecule is C[C@@H]1CC(N[C@@H]2CC[C@@H]3CN(Cc4ccccc4)C[C@H]32)C[C@@H](C)O1. The van der Waals surface area contributed by atoms with Gasteiger partial charge in [0.25, 0.3) is 0 Å². The Bertz CT molecular complexity index is 524. The van der Waals surface area contributed by atoms with Gasteiger partial charge < -0.3 is 10.1 Å². The van der Waals surface area contributed by atoms with Crippen LogP contribution in [-0.2, 0) is 11.3 Å². The minimum atomic E-state index is 0.404. The molecule has 0 aromatic heterocycles. The second-order valence-corrected chi connectivity index (χ2v) is 8.38. The van der Waals surface area contributed by atoms with Crippen molar-refractivity contribution < 1.29 is 4.74 Å². The molecule has 1 saturated carbocycles. The predicted molar refractivity (Wildman–Crippen MR) is 97.9 cm³/mol. The molecule has 0 radical (unpaired) electrons. The highest BCUT2D eigenvalue weighted by atomic mass is 16.5. The first-order chi connectivity index (χ1) is 11.7. The fraction of sp³-hybridized carbons (Fsp3) is 0.714. The van der Waals surface area contributed by atoms with Gasteiger partial charge in [-0.25, -0.2) is 0 Å². The minimum Gasteiger partial charge on any atom is -0.375 e. The van der Waals surface area contributed by atoms with E-state index in [-0.39, 0.29) is 0 Å². The Balaban J connectivity index is 1.33. The van der Waals surface area contributed by atoms with Crippen molar-refractivity contribution in [2.45, 2.75) is 70.4 Å². The summed E-state index contributed by atoms with van der Waals surface area (Å²) in [6, 6.07) is 12.3. The molecule has 3 nitrogen and oxygen atoms in total. The van der Waals surface area contributed by atoms with Crippen molar-refractivity contribution in [1.82, 2.24) is 10.2 Å². The fourth-order valence-electron chi connectivity index (χ4n) is 5.38. The summed E-state index contributed by atoms with van der Waals surface area (Å²) >= 11 is 0. The number of likely N-dealkylation sites (tertiary alicyclic amines) is 1. The Kier molecular flexibility index (Phi) is 4.93. The molecular formula is C21H32N2O. The first kappa shape index (κ1) is 16.6. The first-order valence-electron chi connectivity index (χ1n) is 9.85. The molecule has 2 saturated heterocycles. The van der Waals surface area contributed by atoms with Crippen LogP contribution < -0.4 is 5.32 Å². The molecule has 0 spiro atoms. The van der Waals surface area contributed by atoms with Crippen molar-refractivity contribution in [2.75, 3.05) is 13.1 Å². The van der Waals surface area contributed by atoms with Crippen LogP contribution >= 0.6 is 0 Å². The highest BCUT2D eigenvalue weighted by molar-refractivity contribution is 5.15. The molecule has 132 valence electrons. The van der Waals surface area contributed by atoms with E-state index in [1.54, 1.807) is 0 Å². The van der Waals surface area contributed by atoms with Crippen LogP contribution in [0, 0.1) is 11.8 Å². The largest absolute Gasteiger partial charge is 0.375 e. The number of nitrogens with zero attached hydrogens (tertiary/aromatic N) is 1. The number of benzene rings is 1. The average molecular weight is 329 g/mol. The van der Waals surface area contributed by atoms with Gasteiger partial charge in [-0.15, -0.1) is 0 Å². The summed E-state index contributed by atoms with van der Waals surface area (Å²) in [5.41, 5.74) is 1.45. The topological polar surface area (TPSA) is 24.5 Å². The molecule has 5 atom stereocenters. The van der Waals surface area contributed by atoms with E-state index >= 15 is 0 Å². The van der Waals surface area contributed by atoms with E-state index in [1.165, 1.54) is 44.3 Å². The Hall–Kier alpha value is -0.900. The summed E-state index contributed by atoms with van der Waals surface area (Å²) in [6.45, 7) is 8.12. The molecule has 3 heteroatoms. The zero-order valence-corrected chi connectivity index (χ0v) is 15.2. The van der Waals surface area contributed by atoms with Gasteiger partial charge in [0, 0.05) is 31.7 Å². The van der Waals surface area contributed by atoms with E-state index < -0.39 is 0 Å². The maximum absolute atomic E-state index is 5.90.